The van der Waals surface area contributed by atoms with Crippen LogP contribution in [0.15, 0.2) is 18.2 Å². The molecule has 0 aromatic heterocycles. The van der Waals surface area contributed by atoms with E-state index >= 15 is 0 Å². The summed E-state index contributed by atoms with van der Waals surface area (Å²) < 4.78 is 5.16. The Morgan fingerprint density at radius 3 is 2.59 bits per heavy atom. The maximum Gasteiger partial charge on any atom is 0.115 e. The maximum atomic E-state index is 10.4. The molecule has 0 spiro atoms. The van der Waals surface area contributed by atoms with Crippen LogP contribution in [0.5, 0.6) is 5.75 Å². The van der Waals surface area contributed by atoms with Gasteiger partial charge in [-0.3, -0.25) is 0 Å². The van der Waals surface area contributed by atoms with E-state index in [1.807, 2.05) is 6.07 Å². The van der Waals surface area contributed by atoms with Gasteiger partial charge in [-0.25, -0.2) is 0 Å². The lowest BCUT2D eigenvalue weighted by Gasteiger charge is -2.47. The Balaban J connectivity index is 1.49. The van der Waals surface area contributed by atoms with Crippen molar-refractivity contribution in [3.63, 3.8) is 0 Å². The number of hydrogen-bond donors (Lipinski definition) is 2. The molecule has 0 bridgehead atoms. The number of phenolic OH excluding ortho intramolecular Hbond substituents is 1. The summed E-state index contributed by atoms with van der Waals surface area (Å²) in [6.07, 6.45) is 12.0. The van der Waals surface area contributed by atoms with Crippen molar-refractivity contribution in [2.24, 2.45) is 17.8 Å². The van der Waals surface area contributed by atoms with Gasteiger partial charge in [-0.2, -0.15) is 0 Å². The number of rotatable bonds is 7. The van der Waals surface area contributed by atoms with Gasteiger partial charge < -0.3 is 14.9 Å². The summed E-state index contributed by atoms with van der Waals surface area (Å²) in [4.78, 5) is 0. The molecular weight excluding hydrogens is 336 g/mol. The van der Waals surface area contributed by atoms with Crippen LogP contribution in [0.2, 0.25) is 0 Å². The second-order valence-electron chi connectivity index (χ2n) is 9.26. The second kappa shape index (κ2) is 8.53. The van der Waals surface area contributed by atoms with Crippen LogP contribution in [0, 0.1) is 17.8 Å². The van der Waals surface area contributed by atoms with Gasteiger partial charge in [0.15, 0.2) is 0 Å². The van der Waals surface area contributed by atoms with Gasteiger partial charge in [-0.05, 0) is 97.8 Å². The summed E-state index contributed by atoms with van der Waals surface area (Å²) in [6.45, 7) is 0.870. The smallest absolute Gasteiger partial charge is 0.115 e. The lowest BCUT2D eigenvalue weighted by Crippen LogP contribution is -2.37. The minimum atomic E-state index is -0.0589. The van der Waals surface area contributed by atoms with Crippen molar-refractivity contribution >= 4 is 0 Å². The average Bonchev–Trinajstić information content (AvgIpc) is 3.05. The first-order valence-corrected chi connectivity index (χ1v) is 11.2. The van der Waals surface area contributed by atoms with Crippen molar-refractivity contribution in [3.05, 3.63) is 29.3 Å². The standard InChI is InChI=1S/C24H36O3/c1-27-13-5-3-2-4-6-16-14-23-19(18-8-7-17(25)15-22(16)18)9-10-21-20(23)11-12-24(21)26/h7-8,15-16,19-21,23-26H,2-6,9-14H2,1H3/t16-,19-,20-,21?,23-,24?/m1/s1. The number of aliphatic hydroxyl groups excluding tert-OH is 1. The molecule has 27 heavy (non-hydrogen) atoms. The van der Waals surface area contributed by atoms with Gasteiger partial charge in [0.05, 0.1) is 6.10 Å². The largest absolute Gasteiger partial charge is 0.508 e. The fraction of sp³-hybridized carbons (Fsp3) is 0.750. The zero-order valence-corrected chi connectivity index (χ0v) is 16.8. The molecule has 1 aromatic rings. The van der Waals surface area contributed by atoms with E-state index < -0.39 is 0 Å². The van der Waals surface area contributed by atoms with Crippen LogP contribution in [0.1, 0.15) is 87.2 Å². The average molecular weight is 373 g/mol. The van der Waals surface area contributed by atoms with E-state index in [1.165, 1.54) is 62.5 Å². The molecule has 3 aliphatic carbocycles. The van der Waals surface area contributed by atoms with E-state index in [2.05, 4.69) is 12.1 Å². The number of benzene rings is 1. The molecule has 2 unspecified atom stereocenters. The van der Waals surface area contributed by atoms with Gasteiger partial charge in [0.2, 0.25) is 0 Å². The fourth-order valence-corrected chi connectivity index (χ4v) is 6.60. The van der Waals surface area contributed by atoms with Crippen molar-refractivity contribution in [1.29, 1.82) is 0 Å². The van der Waals surface area contributed by atoms with Crippen molar-refractivity contribution in [2.45, 2.75) is 82.1 Å². The highest BCUT2D eigenvalue weighted by Crippen LogP contribution is 2.58. The highest BCUT2D eigenvalue weighted by molar-refractivity contribution is 5.42. The number of methoxy groups -OCH3 is 1. The second-order valence-corrected chi connectivity index (χ2v) is 9.26. The van der Waals surface area contributed by atoms with Crippen LogP contribution in [0.4, 0.5) is 0 Å². The zero-order valence-electron chi connectivity index (χ0n) is 16.8. The van der Waals surface area contributed by atoms with E-state index in [0.29, 0.717) is 29.4 Å². The molecular formula is C24H36O3. The molecule has 3 heteroatoms. The molecule has 2 saturated carbocycles. The Bertz CT molecular complexity index is 628. The Morgan fingerprint density at radius 2 is 1.74 bits per heavy atom. The lowest BCUT2D eigenvalue weighted by molar-refractivity contribution is 0.0523. The minimum absolute atomic E-state index is 0.0589. The Kier molecular flexibility index (Phi) is 6.08. The summed E-state index contributed by atoms with van der Waals surface area (Å²) in [5.74, 6) is 3.63. The highest BCUT2D eigenvalue weighted by atomic mass is 16.5. The molecule has 150 valence electrons. The van der Waals surface area contributed by atoms with Crippen molar-refractivity contribution in [1.82, 2.24) is 0 Å². The minimum Gasteiger partial charge on any atom is -0.508 e. The number of aromatic hydroxyl groups is 1. The first-order chi connectivity index (χ1) is 13.2. The number of hydrogen-bond acceptors (Lipinski definition) is 3. The van der Waals surface area contributed by atoms with Crippen LogP contribution < -0.4 is 0 Å². The quantitative estimate of drug-likeness (QED) is 0.634. The Morgan fingerprint density at radius 1 is 0.926 bits per heavy atom. The molecule has 0 saturated heterocycles. The number of unbranched alkanes of at least 4 members (excludes halogenated alkanes) is 3. The molecule has 2 N–H and O–H groups in total. The molecule has 0 aliphatic heterocycles. The van der Waals surface area contributed by atoms with Crippen molar-refractivity contribution in [2.75, 3.05) is 13.7 Å². The van der Waals surface area contributed by atoms with Crippen LogP contribution >= 0.6 is 0 Å². The molecule has 4 rings (SSSR count). The molecule has 6 atom stereocenters. The number of phenols is 1. The van der Waals surface area contributed by atoms with Crippen LogP contribution in [-0.2, 0) is 4.74 Å². The number of ether oxygens (including phenoxy) is 1. The highest BCUT2D eigenvalue weighted by Gasteiger charge is 2.48. The Labute approximate surface area is 164 Å². The first kappa shape index (κ1) is 19.3. The number of aliphatic hydroxyl groups is 1. The van der Waals surface area contributed by atoms with Crippen molar-refractivity contribution in [3.8, 4) is 5.75 Å². The summed E-state index contributed by atoms with van der Waals surface area (Å²) in [5.41, 5.74) is 2.93. The third-order valence-electron chi connectivity index (χ3n) is 7.84. The Hall–Kier alpha value is -1.06. The SMILES string of the molecule is COCCCCCC[C@@H]1C[C@@H]2[C@H](CCC3C(O)CC[C@H]32)c2ccc(O)cc21. The van der Waals surface area contributed by atoms with E-state index in [1.54, 1.807) is 7.11 Å². The van der Waals surface area contributed by atoms with Crippen LogP contribution in [0.3, 0.4) is 0 Å². The molecule has 1 aromatic carbocycles. The van der Waals surface area contributed by atoms with Gasteiger partial charge in [-0.15, -0.1) is 0 Å². The van der Waals surface area contributed by atoms with E-state index in [-0.39, 0.29) is 6.10 Å². The summed E-state index contributed by atoms with van der Waals surface area (Å²) in [5, 5.41) is 20.5. The molecule has 2 fully saturated rings. The van der Waals surface area contributed by atoms with Gasteiger partial charge in [0, 0.05) is 13.7 Å². The molecule has 3 nitrogen and oxygen atoms in total. The van der Waals surface area contributed by atoms with Gasteiger partial charge in [0.25, 0.3) is 0 Å². The zero-order chi connectivity index (χ0) is 18.8. The number of fused-ring (bicyclic) bond motifs is 5. The molecule has 3 aliphatic rings. The van der Waals surface area contributed by atoms with Crippen LogP contribution in [0.25, 0.3) is 0 Å². The third kappa shape index (κ3) is 3.91. The normalized spacial score (nSPS) is 34.7. The van der Waals surface area contributed by atoms with E-state index in [9.17, 15) is 10.2 Å². The van der Waals surface area contributed by atoms with Gasteiger partial charge in [-0.1, -0.05) is 25.3 Å². The van der Waals surface area contributed by atoms with E-state index in [0.717, 1.165) is 25.4 Å². The fourth-order valence-electron chi connectivity index (χ4n) is 6.60. The van der Waals surface area contributed by atoms with E-state index in [4.69, 9.17) is 4.74 Å². The molecule has 0 radical (unpaired) electrons. The predicted molar refractivity (Wildman–Crippen MR) is 108 cm³/mol. The lowest BCUT2D eigenvalue weighted by atomic mass is 9.58. The predicted octanol–water partition coefficient (Wildman–Crippen LogP) is 5.36. The molecule has 0 heterocycles. The summed E-state index contributed by atoms with van der Waals surface area (Å²) >= 11 is 0. The monoisotopic (exact) mass is 372 g/mol. The summed E-state index contributed by atoms with van der Waals surface area (Å²) in [7, 11) is 1.78. The summed E-state index contributed by atoms with van der Waals surface area (Å²) in [6, 6.07) is 6.15. The third-order valence-corrected chi connectivity index (χ3v) is 7.84. The maximum absolute atomic E-state index is 10.4. The first-order valence-electron chi connectivity index (χ1n) is 11.2. The van der Waals surface area contributed by atoms with Crippen molar-refractivity contribution < 1.29 is 14.9 Å². The van der Waals surface area contributed by atoms with Gasteiger partial charge >= 0.3 is 0 Å². The van der Waals surface area contributed by atoms with Crippen LogP contribution in [-0.4, -0.2) is 30.0 Å². The topological polar surface area (TPSA) is 49.7 Å². The molecule has 0 amide bonds. The van der Waals surface area contributed by atoms with Gasteiger partial charge in [0.1, 0.15) is 5.75 Å².